The Kier molecular flexibility index (Phi) is 3.33. The lowest BCUT2D eigenvalue weighted by atomic mass is 10.4. The van der Waals surface area contributed by atoms with Crippen molar-refractivity contribution in [3.63, 3.8) is 0 Å². The largest absolute Gasteiger partial charge is 0.502 e. The summed E-state index contributed by atoms with van der Waals surface area (Å²) < 4.78 is 13.8. The van der Waals surface area contributed by atoms with Crippen LogP contribution in [0.5, 0.6) is 0 Å². The first-order valence-corrected chi connectivity index (χ1v) is 3.96. The van der Waals surface area contributed by atoms with Gasteiger partial charge in [-0.25, -0.2) is 9.59 Å². The zero-order valence-electron chi connectivity index (χ0n) is 7.98. The van der Waals surface area contributed by atoms with Crippen molar-refractivity contribution in [2.24, 2.45) is 0 Å². The molecule has 0 unspecified atom stereocenters. The average Bonchev–Trinajstić information content (AvgIpc) is 2.60. The van der Waals surface area contributed by atoms with Crippen molar-refractivity contribution in [3.05, 3.63) is 12.0 Å². The van der Waals surface area contributed by atoms with Crippen LogP contribution in [0.3, 0.4) is 0 Å². The third-order valence-electron chi connectivity index (χ3n) is 1.68. The van der Waals surface area contributed by atoms with Gasteiger partial charge in [0.15, 0.2) is 5.70 Å². The molecule has 1 saturated heterocycles. The fourth-order valence-electron chi connectivity index (χ4n) is 1.05. The van der Waals surface area contributed by atoms with Gasteiger partial charge < -0.3 is 14.2 Å². The molecule has 1 amide bonds. The number of hydrogen-bond donors (Lipinski definition) is 0. The fourth-order valence-corrected chi connectivity index (χ4v) is 1.05. The second kappa shape index (κ2) is 4.50. The summed E-state index contributed by atoms with van der Waals surface area (Å²) in [4.78, 5) is 23.5. The number of amides is 1. The molecule has 1 rings (SSSR count). The van der Waals surface area contributed by atoms with E-state index in [4.69, 9.17) is 0 Å². The van der Waals surface area contributed by atoms with Gasteiger partial charge in [-0.3, -0.25) is 4.90 Å². The van der Waals surface area contributed by atoms with Crippen molar-refractivity contribution in [1.29, 1.82) is 0 Å². The molecular weight excluding hydrogens is 190 g/mol. The molecule has 0 aromatic rings. The van der Waals surface area contributed by atoms with E-state index in [0.29, 0.717) is 6.54 Å². The van der Waals surface area contributed by atoms with Crippen molar-refractivity contribution >= 4 is 12.1 Å². The monoisotopic (exact) mass is 201 g/mol. The van der Waals surface area contributed by atoms with Crippen LogP contribution in [0.15, 0.2) is 12.0 Å². The molecule has 0 spiro atoms. The van der Waals surface area contributed by atoms with Crippen LogP contribution < -0.4 is 0 Å². The molecule has 6 heteroatoms. The third-order valence-corrected chi connectivity index (χ3v) is 1.68. The van der Waals surface area contributed by atoms with Gasteiger partial charge >= 0.3 is 12.1 Å². The van der Waals surface area contributed by atoms with Crippen LogP contribution in [-0.2, 0) is 19.0 Å². The first-order chi connectivity index (χ1) is 6.70. The maximum absolute atomic E-state index is 11.2. The highest BCUT2D eigenvalue weighted by Gasteiger charge is 2.30. The van der Waals surface area contributed by atoms with Gasteiger partial charge in [-0.05, 0) is 0 Å². The Bertz CT molecular complexity index is 273. The topological polar surface area (TPSA) is 65.1 Å². The fraction of sp³-hybridized carbons (Fsp3) is 0.500. The molecule has 1 aliphatic rings. The molecule has 14 heavy (non-hydrogen) atoms. The highest BCUT2D eigenvalue weighted by molar-refractivity contribution is 5.92. The van der Waals surface area contributed by atoms with Crippen LogP contribution >= 0.6 is 0 Å². The SMILES string of the molecule is CO/C=C(/C(=O)OC)N1CCOC1=O. The number of nitrogens with zero attached hydrogens (tertiary/aromatic N) is 1. The summed E-state index contributed by atoms with van der Waals surface area (Å²) in [6, 6.07) is 0. The van der Waals surface area contributed by atoms with Gasteiger partial charge in [-0.15, -0.1) is 0 Å². The first kappa shape index (κ1) is 10.4. The number of carbonyl (C=O) groups is 2. The molecule has 1 fully saturated rings. The lowest BCUT2D eigenvalue weighted by molar-refractivity contribution is -0.137. The van der Waals surface area contributed by atoms with Crippen molar-refractivity contribution < 1.29 is 23.8 Å². The summed E-state index contributed by atoms with van der Waals surface area (Å²) in [5.74, 6) is -0.634. The molecule has 1 aliphatic heterocycles. The summed E-state index contributed by atoms with van der Waals surface area (Å²) in [7, 11) is 2.61. The molecule has 0 aromatic carbocycles. The Morgan fingerprint density at radius 2 is 2.29 bits per heavy atom. The van der Waals surface area contributed by atoms with Crippen LogP contribution in [-0.4, -0.2) is 44.3 Å². The molecule has 1 heterocycles. The van der Waals surface area contributed by atoms with Crippen LogP contribution in [0.1, 0.15) is 0 Å². The maximum Gasteiger partial charge on any atom is 0.414 e. The van der Waals surface area contributed by atoms with Crippen molar-refractivity contribution in [1.82, 2.24) is 4.90 Å². The van der Waals surface area contributed by atoms with Gasteiger partial charge in [0.05, 0.1) is 20.8 Å². The van der Waals surface area contributed by atoms with E-state index in [9.17, 15) is 9.59 Å². The van der Waals surface area contributed by atoms with E-state index in [0.717, 1.165) is 11.2 Å². The van der Waals surface area contributed by atoms with E-state index in [1.807, 2.05) is 0 Å². The summed E-state index contributed by atoms with van der Waals surface area (Å²) in [5, 5.41) is 0. The minimum atomic E-state index is -0.634. The van der Waals surface area contributed by atoms with E-state index in [-0.39, 0.29) is 12.3 Å². The number of hydrogen-bond acceptors (Lipinski definition) is 5. The maximum atomic E-state index is 11.2. The zero-order chi connectivity index (χ0) is 10.6. The molecule has 0 N–H and O–H groups in total. The number of methoxy groups -OCH3 is 2. The zero-order valence-corrected chi connectivity index (χ0v) is 7.98. The van der Waals surface area contributed by atoms with Gasteiger partial charge in [0.1, 0.15) is 12.9 Å². The van der Waals surface area contributed by atoms with Gasteiger partial charge in [-0.1, -0.05) is 0 Å². The van der Waals surface area contributed by atoms with Gasteiger partial charge in [0.25, 0.3) is 0 Å². The lowest BCUT2D eigenvalue weighted by Gasteiger charge is -2.13. The Morgan fingerprint density at radius 3 is 2.71 bits per heavy atom. The standard InChI is InChI=1S/C8H11NO5/c1-12-5-6(7(10)13-2)9-3-4-14-8(9)11/h5H,3-4H2,1-2H3/b6-5-. The summed E-state index contributed by atoms with van der Waals surface area (Å²) in [5.41, 5.74) is 0.0394. The van der Waals surface area contributed by atoms with Gasteiger partial charge in [-0.2, -0.15) is 0 Å². The first-order valence-electron chi connectivity index (χ1n) is 3.96. The summed E-state index contributed by atoms with van der Waals surface area (Å²) in [6.07, 6.45) is 0.581. The van der Waals surface area contributed by atoms with E-state index in [1.54, 1.807) is 0 Å². The second-order valence-electron chi connectivity index (χ2n) is 2.50. The van der Waals surface area contributed by atoms with E-state index >= 15 is 0 Å². The minimum absolute atomic E-state index is 0.0394. The molecule has 0 aliphatic carbocycles. The number of esters is 1. The average molecular weight is 201 g/mol. The number of rotatable bonds is 3. The van der Waals surface area contributed by atoms with E-state index < -0.39 is 12.1 Å². The van der Waals surface area contributed by atoms with Crippen LogP contribution in [0.2, 0.25) is 0 Å². The number of ether oxygens (including phenoxy) is 3. The second-order valence-corrected chi connectivity index (χ2v) is 2.50. The molecular formula is C8H11NO5. The molecule has 0 atom stereocenters. The summed E-state index contributed by atoms with van der Waals surface area (Å²) >= 11 is 0. The van der Waals surface area contributed by atoms with Crippen molar-refractivity contribution in [2.45, 2.75) is 0 Å². The highest BCUT2D eigenvalue weighted by Crippen LogP contribution is 2.13. The molecule has 6 nitrogen and oxygen atoms in total. The Hall–Kier alpha value is -1.72. The quantitative estimate of drug-likeness (QED) is 0.368. The Morgan fingerprint density at radius 1 is 1.57 bits per heavy atom. The normalized spacial score (nSPS) is 16.6. The van der Waals surface area contributed by atoms with Crippen molar-refractivity contribution in [3.8, 4) is 0 Å². The van der Waals surface area contributed by atoms with Gasteiger partial charge in [0.2, 0.25) is 0 Å². The smallest absolute Gasteiger partial charge is 0.414 e. The lowest BCUT2D eigenvalue weighted by Crippen LogP contribution is -2.29. The predicted molar refractivity (Wildman–Crippen MR) is 45.2 cm³/mol. The summed E-state index contributed by atoms with van der Waals surface area (Å²) in [6.45, 7) is 0.583. The highest BCUT2D eigenvalue weighted by atomic mass is 16.6. The molecule has 0 radical (unpaired) electrons. The Balaban J connectivity index is 2.82. The minimum Gasteiger partial charge on any atom is -0.502 e. The molecule has 0 bridgehead atoms. The third kappa shape index (κ3) is 1.95. The number of carbonyl (C=O) groups excluding carboxylic acids is 2. The Labute approximate surface area is 81.0 Å². The number of cyclic esters (lactones) is 1. The molecule has 78 valence electrons. The van der Waals surface area contributed by atoms with E-state index in [2.05, 4.69) is 14.2 Å². The van der Waals surface area contributed by atoms with Crippen LogP contribution in [0, 0.1) is 0 Å². The predicted octanol–water partition coefficient (Wildman–Crippen LogP) is 0.0994. The van der Waals surface area contributed by atoms with Crippen LogP contribution in [0.25, 0.3) is 0 Å². The van der Waals surface area contributed by atoms with E-state index in [1.165, 1.54) is 14.2 Å². The molecule has 0 saturated carbocycles. The van der Waals surface area contributed by atoms with Crippen LogP contribution in [0.4, 0.5) is 4.79 Å². The van der Waals surface area contributed by atoms with Crippen molar-refractivity contribution in [2.75, 3.05) is 27.4 Å². The molecule has 0 aromatic heterocycles. The van der Waals surface area contributed by atoms with Gasteiger partial charge in [0, 0.05) is 0 Å².